The fraction of sp³-hybridized carbons (Fsp3) is 0.158. The van der Waals surface area contributed by atoms with Crippen molar-refractivity contribution in [1.82, 2.24) is 19.8 Å². The first-order valence-electron chi connectivity index (χ1n) is 8.84. The number of carbonyl (C=O) groups is 1. The fourth-order valence-electron chi connectivity index (χ4n) is 2.66. The number of sulfonamides is 1. The van der Waals surface area contributed by atoms with Gasteiger partial charge in [-0.2, -0.15) is 0 Å². The summed E-state index contributed by atoms with van der Waals surface area (Å²) in [5, 5.41) is -0.353. The van der Waals surface area contributed by atoms with Crippen molar-refractivity contribution in [3.05, 3.63) is 65.1 Å². The Bertz CT molecular complexity index is 1250. The van der Waals surface area contributed by atoms with Gasteiger partial charge in [0.25, 0.3) is 15.9 Å². The second kappa shape index (κ2) is 9.00. The largest absolute Gasteiger partial charge is 0.494 e. The van der Waals surface area contributed by atoms with Gasteiger partial charge < -0.3 is 9.30 Å². The number of hydrogen-bond donors (Lipinski definition) is 2. The van der Waals surface area contributed by atoms with Crippen molar-refractivity contribution in [2.24, 2.45) is 7.05 Å². The van der Waals surface area contributed by atoms with Crippen molar-refractivity contribution in [3.8, 4) is 17.0 Å². The van der Waals surface area contributed by atoms with Crippen molar-refractivity contribution >= 4 is 27.5 Å². The summed E-state index contributed by atoms with van der Waals surface area (Å²) in [6.45, 7) is 1.96. The van der Waals surface area contributed by atoms with Crippen LogP contribution in [0.3, 0.4) is 0 Å². The zero-order valence-electron chi connectivity index (χ0n) is 16.3. The third-order valence-corrected chi connectivity index (χ3v) is 5.63. The minimum absolute atomic E-state index is 0.144. The van der Waals surface area contributed by atoms with Crippen LogP contribution in [0.1, 0.15) is 17.3 Å². The average Bonchev–Trinajstić information content (AvgIpc) is 3.14. The molecule has 0 saturated carbocycles. The molecule has 0 bridgehead atoms. The van der Waals surface area contributed by atoms with E-state index in [9.17, 15) is 22.0 Å². The number of amides is 1. The van der Waals surface area contributed by atoms with E-state index >= 15 is 0 Å². The van der Waals surface area contributed by atoms with Gasteiger partial charge in [-0.1, -0.05) is 11.6 Å². The summed E-state index contributed by atoms with van der Waals surface area (Å²) in [6.07, 6.45) is 3.13. The van der Waals surface area contributed by atoms with Gasteiger partial charge in [-0.15, -0.1) is 4.83 Å². The monoisotopic (exact) mass is 470 g/mol. The van der Waals surface area contributed by atoms with E-state index in [-0.39, 0.29) is 17.4 Å². The van der Waals surface area contributed by atoms with Crippen molar-refractivity contribution in [2.45, 2.75) is 11.8 Å². The topological polar surface area (TPSA) is 102 Å². The molecule has 1 aromatic heterocycles. The first-order valence-corrected chi connectivity index (χ1v) is 10.7. The average molecular weight is 471 g/mol. The zero-order chi connectivity index (χ0) is 22.8. The van der Waals surface area contributed by atoms with E-state index in [1.165, 1.54) is 24.5 Å². The van der Waals surface area contributed by atoms with Gasteiger partial charge in [0.1, 0.15) is 16.5 Å². The summed E-state index contributed by atoms with van der Waals surface area (Å²) in [5.41, 5.74) is 2.10. The lowest BCUT2D eigenvalue weighted by molar-refractivity contribution is 0.0941. The maximum Gasteiger partial charge on any atom is 0.269 e. The number of rotatable bonds is 7. The number of nitrogens with zero attached hydrogens (tertiary/aromatic N) is 2. The number of aromatic nitrogens is 2. The number of hydrogen-bond acceptors (Lipinski definition) is 5. The normalized spacial score (nSPS) is 11.4. The summed E-state index contributed by atoms with van der Waals surface area (Å²) in [7, 11) is -2.76. The molecule has 1 heterocycles. The molecule has 0 atom stereocenters. The van der Waals surface area contributed by atoms with Crippen LogP contribution in [-0.2, 0) is 17.1 Å². The van der Waals surface area contributed by atoms with Crippen LogP contribution < -0.4 is 15.0 Å². The molecule has 0 radical (unpaired) electrons. The molecule has 0 aliphatic carbocycles. The second-order valence-corrected chi connectivity index (χ2v) is 8.39. The van der Waals surface area contributed by atoms with Crippen LogP contribution >= 0.6 is 11.6 Å². The molecule has 3 rings (SSSR count). The van der Waals surface area contributed by atoms with Crippen LogP contribution in [0, 0.1) is 11.6 Å². The summed E-state index contributed by atoms with van der Waals surface area (Å²) in [4.78, 5) is 17.5. The Morgan fingerprint density at radius 1 is 1.26 bits per heavy atom. The SMILES string of the molecule is CCOc1ccc(S(=O)(=O)NNC(=O)c2cc(-c3cn(C)cn3)cc(Cl)c2F)c(F)c1. The first-order chi connectivity index (χ1) is 14.6. The van der Waals surface area contributed by atoms with Gasteiger partial charge in [0.05, 0.1) is 29.2 Å². The van der Waals surface area contributed by atoms with E-state index in [2.05, 4.69) is 4.98 Å². The summed E-state index contributed by atoms with van der Waals surface area (Å²) in [6, 6.07) is 5.60. The van der Waals surface area contributed by atoms with Crippen LogP contribution in [0.5, 0.6) is 5.75 Å². The van der Waals surface area contributed by atoms with E-state index in [0.717, 1.165) is 12.1 Å². The van der Waals surface area contributed by atoms with Crippen LogP contribution in [0.25, 0.3) is 11.3 Å². The maximum absolute atomic E-state index is 14.4. The molecule has 3 aromatic rings. The van der Waals surface area contributed by atoms with E-state index < -0.39 is 38.0 Å². The van der Waals surface area contributed by atoms with Gasteiger partial charge >= 0.3 is 0 Å². The quantitative estimate of drug-likeness (QED) is 0.517. The molecule has 164 valence electrons. The molecular weight excluding hydrogens is 454 g/mol. The highest BCUT2D eigenvalue weighted by atomic mass is 35.5. The Morgan fingerprint density at radius 2 is 2.00 bits per heavy atom. The zero-order valence-corrected chi connectivity index (χ0v) is 17.9. The molecule has 8 nitrogen and oxygen atoms in total. The number of aryl methyl sites for hydroxylation is 1. The fourth-order valence-corrected chi connectivity index (χ4v) is 3.78. The number of nitrogens with one attached hydrogen (secondary N) is 2. The molecule has 0 aliphatic rings. The highest BCUT2D eigenvalue weighted by Gasteiger charge is 2.23. The van der Waals surface area contributed by atoms with E-state index in [0.29, 0.717) is 11.3 Å². The summed E-state index contributed by atoms with van der Waals surface area (Å²) in [5.74, 6) is -3.12. The van der Waals surface area contributed by atoms with Crippen LogP contribution in [-0.4, -0.2) is 30.5 Å². The predicted octanol–water partition coefficient (Wildman–Crippen LogP) is 3.04. The minimum Gasteiger partial charge on any atom is -0.494 e. The second-order valence-electron chi connectivity index (χ2n) is 6.33. The van der Waals surface area contributed by atoms with Crippen LogP contribution in [0.2, 0.25) is 5.02 Å². The summed E-state index contributed by atoms with van der Waals surface area (Å²) < 4.78 is 60.1. The number of ether oxygens (including phenoxy) is 1. The molecule has 0 saturated heterocycles. The summed E-state index contributed by atoms with van der Waals surface area (Å²) >= 11 is 5.88. The Kier molecular flexibility index (Phi) is 6.58. The minimum atomic E-state index is -4.49. The van der Waals surface area contributed by atoms with Crippen molar-refractivity contribution < 1.29 is 26.7 Å². The highest BCUT2D eigenvalue weighted by Crippen LogP contribution is 2.27. The van der Waals surface area contributed by atoms with Gasteiger partial charge in [-0.05, 0) is 31.2 Å². The number of benzene rings is 2. The predicted molar refractivity (Wildman–Crippen MR) is 109 cm³/mol. The molecule has 31 heavy (non-hydrogen) atoms. The lowest BCUT2D eigenvalue weighted by Gasteiger charge is -2.12. The molecule has 0 aliphatic heterocycles. The van der Waals surface area contributed by atoms with Crippen molar-refractivity contribution in [1.29, 1.82) is 0 Å². The molecule has 2 aromatic carbocycles. The van der Waals surface area contributed by atoms with Gasteiger partial charge in [0, 0.05) is 24.9 Å². The van der Waals surface area contributed by atoms with Crippen LogP contribution in [0.15, 0.2) is 47.8 Å². The Hall–Kier alpha value is -3.02. The third-order valence-electron chi connectivity index (χ3n) is 4.08. The third kappa shape index (κ3) is 5.01. The van der Waals surface area contributed by atoms with Gasteiger partial charge in [-0.25, -0.2) is 22.2 Å². The number of hydrazine groups is 1. The number of halogens is 3. The molecule has 0 unspecified atom stereocenters. The van der Waals surface area contributed by atoms with Gasteiger partial charge in [-0.3, -0.25) is 10.2 Å². The molecule has 0 spiro atoms. The Balaban J connectivity index is 1.82. The smallest absolute Gasteiger partial charge is 0.269 e. The Labute approximate surface area is 181 Å². The van der Waals surface area contributed by atoms with E-state index in [4.69, 9.17) is 16.3 Å². The highest BCUT2D eigenvalue weighted by molar-refractivity contribution is 7.89. The van der Waals surface area contributed by atoms with Gasteiger partial charge in [0.2, 0.25) is 0 Å². The van der Waals surface area contributed by atoms with E-state index in [1.807, 2.05) is 5.43 Å². The van der Waals surface area contributed by atoms with E-state index in [1.54, 1.807) is 29.6 Å². The standard InChI is InChI=1S/C19H17ClF2N4O4S/c1-3-30-12-4-5-17(15(21)8-12)31(28,29)25-24-19(27)13-6-11(7-14(20)18(13)22)16-9-26(2)10-23-16/h4-10,25H,3H2,1-2H3,(H,24,27). The Morgan fingerprint density at radius 3 is 2.61 bits per heavy atom. The molecule has 1 amide bonds. The molecule has 12 heteroatoms. The lowest BCUT2D eigenvalue weighted by Crippen LogP contribution is -2.42. The lowest BCUT2D eigenvalue weighted by atomic mass is 10.1. The molecule has 0 fully saturated rings. The molecular formula is C19H17ClF2N4O4S. The first kappa shape index (κ1) is 22.7. The molecule has 2 N–H and O–H groups in total. The number of carbonyl (C=O) groups excluding carboxylic acids is 1. The van der Waals surface area contributed by atoms with Crippen molar-refractivity contribution in [2.75, 3.05) is 6.61 Å². The van der Waals surface area contributed by atoms with Crippen molar-refractivity contribution in [3.63, 3.8) is 0 Å². The number of imidazole rings is 1. The maximum atomic E-state index is 14.4. The van der Waals surface area contributed by atoms with Gasteiger partial charge in [0.15, 0.2) is 5.82 Å². The van der Waals surface area contributed by atoms with Crippen LogP contribution in [0.4, 0.5) is 8.78 Å².